The molecule has 1 rings (SSSR count). The van der Waals surface area contributed by atoms with Crippen molar-refractivity contribution in [3.05, 3.63) is 36.0 Å². The molecule has 16 heavy (non-hydrogen) atoms. The van der Waals surface area contributed by atoms with Crippen molar-refractivity contribution in [1.29, 1.82) is 0 Å². The topological polar surface area (TPSA) is 17.1 Å². The van der Waals surface area contributed by atoms with E-state index in [0.29, 0.717) is 6.42 Å². The smallest absolute Gasteiger partial charge is 0.158 e. The molecule has 88 valence electrons. The zero-order valence-electron chi connectivity index (χ0n) is 10.7. The average Bonchev–Trinajstić information content (AvgIpc) is 2.23. The predicted molar refractivity (Wildman–Crippen MR) is 69.3 cm³/mol. The first-order valence-electron chi connectivity index (χ1n) is 5.98. The van der Waals surface area contributed by atoms with E-state index in [1.165, 1.54) is 0 Å². The van der Waals surface area contributed by atoms with Crippen LogP contribution in [0.2, 0.25) is 0 Å². The molecule has 1 heteroatoms. The van der Waals surface area contributed by atoms with Crippen LogP contribution in [0.3, 0.4) is 0 Å². The first-order chi connectivity index (χ1) is 7.41. The van der Waals surface area contributed by atoms with Crippen LogP contribution in [0.1, 0.15) is 46.5 Å². The number of ketones is 1. The predicted octanol–water partition coefficient (Wildman–Crippen LogP) is 4.21. The van der Waals surface area contributed by atoms with E-state index in [0.717, 1.165) is 30.4 Å². The Morgan fingerprint density at radius 1 is 1.31 bits per heavy atom. The molecule has 0 unspecified atom stereocenters. The highest BCUT2D eigenvalue weighted by atomic mass is 16.1. The van der Waals surface area contributed by atoms with Gasteiger partial charge >= 0.3 is 0 Å². The molecule has 0 saturated heterocycles. The molecule has 1 aliphatic rings. The first kappa shape index (κ1) is 13.0. The van der Waals surface area contributed by atoms with Gasteiger partial charge < -0.3 is 0 Å². The molecule has 1 aliphatic carbocycles. The van der Waals surface area contributed by atoms with Crippen molar-refractivity contribution < 1.29 is 4.79 Å². The maximum atomic E-state index is 11.8. The molecule has 0 radical (unpaired) electrons. The minimum absolute atomic E-state index is 0.0865. The summed E-state index contributed by atoms with van der Waals surface area (Å²) in [5.74, 6) is 0.286. The molecule has 0 fully saturated rings. The molecule has 0 heterocycles. The van der Waals surface area contributed by atoms with Gasteiger partial charge in [0.25, 0.3) is 0 Å². The van der Waals surface area contributed by atoms with Crippen molar-refractivity contribution in [3.8, 4) is 0 Å². The van der Waals surface area contributed by atoms with Gasteiger partial charge in [-0.05, 0) is 37.2 Å². The number of hydrogen-bond donors (Lipinski definition) is 0. The Hall–Kier alpha value is -1.11. The highest BCUT2D eigenvalue weighted by molar-refractivity contribution is 5.94. The van der Waals surface area contributed by atoms with Crippen LogP contribution in [-0.4, -0.2) is 5.78 Å². The molecule has 0 aromatic rings. The van der Waals surface area contributed by atoms with Gasteiger partial charge in [0.05, 0.1) is 0 Å². The number of allylic oxidation sites excluding steroid dienone is 5. The molecular weight excluding hydrogens is 196 g/mol. The normalized spacial score (nSPS) is 27.8. The quantitative estimate of drug-likeness (QED) is 0.595. The van der Waals surface area contributed by atoms with Crippen molar-refractivity contribution in [3.63, 3.8) is 0 Å². The third kappa shape index (κ3) is 4.18. The van der Waals surface area contributed by atoms with Crippen LogP contribution in [0.25, 0.3) is 0 Å². The van der Waals surface area contributed by atoms with Crippen molar-refractivity contribution in [2.24, 2.45) is 5.41 Å². The summed E-state index contributed by atoms with van der Waals surface area (Å²) in [4.78, 5) is 11.8. The van der Waals surface area contributed by atoms with Crippen LogP contribution in [0.4, 0.5) is 0 Å². The molecule has 0 amide bonds. The number of carbonyl (C=O) groups is 1. The van der Waals surface area contributed by atoms with Crippen LogP contribution < -0.4 is 0 Å². The summed E-state index contributed by atoms with van der Waals surface area (Å²) in [6, 6.07) is 0. The van der Waals surface area contributed by atoms with Gasteiger partial charge in [-0.15, -0.1) is 0 Å². The summed E-state index contributed by atoms with van der Waals surface area (Å²) < 4.78 is 0. The Bertz CT molecular complexity index is 342. The van der Waals surface area contributed by atoms with Gasteiger partial charge in [0.2, 0.25) is 0 Å². The number of carbonyl (C=O) groups excluding carboxylic acids is 1. The zero-order chi connectivity index (χ0) is 12.2. The van der Waals surface area contributed by atoms with E-state index < -0.39 is 0 Å². The van der Waals surface area contributed by atoms with Crippen molar-refractivity contribution in [1.82, 2.24) is 0 Å². The average molecular weight is 218 g/mol. The molecule has 1 nitrogen and oxygen atoms in total. The Balaban J connectivity index is 2.85. The molecule has 0 aromatic carbocycles. The lowest BCUT2D eigenvalue weighted by atomic mass is 9.85. The molecule has 0 spiro atoms. The highest BCUT2D eigenvalue weighted by Crippen LogP contribution is 2.26. The minimum Gasteiger partial charge on any atom is -0.295 e. The maximum absolute atomic E-state index is 11.8. The monoisotopic (exact) mass is 218 g/mol. The van der Waals surface area contributed by atoms with Crippen molar-refractivity contribution >= 4 is 5.78 Å². The van der Waals surface area contributed by atoms with E-state index in [1.54, 1.807) is 0 Å². The summed E-state index contributed by atoms with van der Waals surface area (Å²) in [7, 11) is 0. The number of hydrogen-bond acceptors (Lipinski definition) is 1. The van der Waals surface area contributed by atoms with E-state index in [9.17, 15) is 4.79 Å². The van der Waals surface area contributed by atoms with Gasteiger partial charge in [-0.1, -0.05) is 44.2 Å². The molecule has 0 N–H and O–H groups in total. The van der Waals surface area contributed by atoms with Crippen LogP contribution >= 0.6 is 0 Å². The zero-order valence-corrected chi connectivity index (χ0v) is 10.7. The number of Topliss-reactive ketones (excluding diaryl/α,β-unsaturated/α-hetero) is 1. The molecule has 0 bridgehead atoms. The van der Waals surface area contributed by atoms with E-state index in [2.05, 4.69) is 32.6 Å². The van der Waals surface area contributed by atoms with Gasteiger partial charge in [-0.2, -0.15) is 0 Å². The van der Waals surface area contributed by atoms with Crippen LogP contribution in [0.5, 0.6) is 0 Å². The lowest BCUT2D eigenvalue weighted by Gasteiger charge is -2.19. The Kier molecular flexibility index (Phi) is 4.28. The summed E-state index contributed by atoms with van der Waals surface area (Å²) in [6.07, 6.45) is 9.74. The lowest BCUT2D eigenvalue weighted by Crippen LogP contribution is -2.11. The lowest BCUT2D eigenvalue weighted by molar-refractivity contribution is -0.115. The van der Waals surface area contributed by atoms with Crippen LogP contribution in [-0.2, 0) is 4.79 Å². The fourth-order valence-corrected chi connectivity index (χ4v) is 1.73. The summed E-state index contributed by atoms with van der Waals surface area (Å²) in [5, 5.41) is 0. The van der Waals surface area contributed by atoms with Gasteiger partial charge in [-0.25, -0.2) is 0 Å². The van der Waals surface area contributed by atoms with E-state index >= 15 is 0 Å². The summed E-state index contributed by atoms with van der Waals surface area (Å²) in [6.45, 7) is 10.3. The first-order valence-corrected chi connectivity index (χ1v) is 5.98. The fourth-order valence-electron chi connectivity index (χ4n) is 1.73. The van der Waals surface area contributed by atoms with E-state index in [-0.39, 0.29) is 11.2 Å². The second-order valence-corrected chi connectivity index (χ2v) is 5.33. The molecule has 0 aliphatic heterocycles. The summed E-state index contributed by atoms with van der Waals surface area (Å²) in [5.41, 5.74) is 2.14. The second kappa shape index (κ2) is 5.29. The standard InChI is InChI=1S/C15H22O/c1-12-6-5-7-13(2)14(16)9-11-15(3,4)10-8-12/h7-8,10H,1,5-6,9,11H2,2-4H3/b10-8-,13-7+. The highest BCUT2D eigenvalue weighted by Gasteiger charge is 2.17. The van der Waals surface area contributed by atoms with Crippen molar-refractivity contribution in [2.75, 3.05) is 0 Å². The maximum Gasteiger partial charge on any atom is 0.158 e. The fraction of sp³-hybridized carbons (Fsp3) is 0.533. The third-order valence-electron chi connectivity index (χ3n) is 3.12. The van der Waals surface area contributed by atoms with Crippen molar-refractivity contribution in [2.45, 2.75) is 46.5 Å². The van der Waals surface area contributed by atoms with E-state index in [1.807, 2.05) is 13.0 Å². The molecule has 0 atom stereocenters. The molecule has 0 saturated carbocycles. The van der Waals surface area contributed by atoms with Crippen LogP contribution in [0.15, 0.2) is 36.0 Å². The summed E-state index contributed by atoms with van der Waals surface area (Å²) >= 11 is 0. The van der Waals surface area contributed by atoms with Crippen LogP contribution in [0, 0.1) is 5.41 Å². The number of rotatable bonds is 0. The van der Waals surface area contributed by atoms with E-state index in [4.69, 9.17) is 0 Å². The Labute approximate surface area is 98.9 Å². The third-order valence-corrected chi connectivity index (χ3v) is 3.12. The minimum atomic E-state index is 0.0865. The Morgan fingerprint density at radius 2 is 2.00 bits per heavy atom. The second-order valence-electron chi connectivity index (χ2n) is 5.33. The molecule has 0 aromatic heterocycles. The van der Waals surface area contributed by atoms with Gasteiger partial charge in [0, 0.05) is 6.42 Å². The SMILES string of the molecule is C=C1/C=C\C(C)(C)CCC(=O)/C(C)=C/CC1. The van der Waals surface area contributed by atoms with Gasteiger partial charge in [-0.3, -0.25) is 4.79 Å². The largest absolute Gasteiger partial charge is 0.295 e. The molecular formula is C15H22O. The van der Waals surface area contributed by atoms with Gasteiger partial charge in [0.1, 0.15) is 0 Å². The van der Waals surface area contributed by atoms with Gasteiger partial charge in [0.15, 0.2) is 5.78 Å². The Morgan fingerprint density at radius 3 is 2.69 bits per heavy atom.